The maximum atomic E-state index is 12.9. The van der Waals surface area contributed by atoms with E-state index in [0.29, 0.717) is 28.0 Å². The predicted molar refractivity (Wildman–Crippen MR) is 104 cm³/mol. The molecule has 0 aliphatic carbocycles. The molecule has 4 rings (SSSR count). The third-order valence-corrected chi connectivity index (χ3v) is 4.28. The van der Waals surface area contributed by atoms with E-state index in [1.54, 1.807) is 24.4 Å². The standard InChI is InChI=1S/C22H14F3N3O/c1-14-8-10-19-20(18(14)11-9-16-6-2-3-12-26-16)29-28-21(19)27-17-7-4-5-15(13-17)22(23,24)25/h2-8,10,12-13H,1H3,(H,27,28). The highest BCUT2D eigenvalue weighted by atomic mass is 19.4. The van der Waals surface area contributed by atoms with Crippen LogP contribution in [0.25, 0.3) is 11.0 Å². The molecule has 0 saturated heterocycles. The fourth-order valence-electron chi connectivity index (χ4n) is 2.82. The number of aromatic nitrogens is 2. The van der Waals surface area contributed by atoms with Gasteiger partial charge in [-0.15, -0.1) is 0 Å². The van der Waals surface area contributed by atoms with Gasteiger partial charge in [0, 0.05) is 11.9 Å². The van der Waals surface area contributed by atoms with E-state index in [1.807, 2.05) is 19.1 Å². The smallest absolute Gasteiger partial charge is 0.353 e. The first kappa shape index (κ1) is 18.6. The Balaban J connectivity index is 1.71. The monoisotopic (exact) mass is 393 g/mol. The van der Waals surface area contributed by atoms with Crippen molar-refractivity contribution in [2.75, 3.05) is 5.32 Å². The van der Waals surface area contributed by atoms with E-state index in [0.717, 1.165) is 17.7 Å². The summed E-state index contributed by atoms with van der Waals surface area (Å²) < 4.78 is 44.3. The molecule has 0 aliphatic heterocycles. The highest BCUT2D eigenvalue weighted by Crippen LogP contribution is 2.33. The zero-order chi connectivity index (χ0) is 20.4. The number of alkyl halides is 3. The van der Waals surface area contributed by atoms with Gasteiger partial charge in [0.15, 0.2) is 11.4 Å². The van der Waals surface area contributed by atoms with Crippen LogP contribution in [0.1, 0.15) is 22.4 Å². The Morgan fingerprint density at radius 3 is 2.62 bits per heavy atom. The number of halogens is 3. The minimum atomic E-state index is -4.42. The zero-order valence-electron chi connectivity index (χ0n) is 15.2. The molecule has 2 aromatic heterocycles. The lowest BCUT2D eigenvalue weighted by molar-refractivity contribution is -0.137. The normalized spacial score (nSPS) is 11.2. The zero-order valence-corrected chi connectivity index (χ0v) is 15.2. The maximum absolute atomic E-state index is 12.9. The van der Waals surface area contributed by atoms with Crippen molar-refractivity contribution in [3.63, 3.8) is 0 Å². The Labute approximate surface area is 164 Å². The molecule has 0 radical (unpaired) electrons. The average molecular weight is 393 g/mol. The molecule has 0 spiro atoms. The van der Waals surface area contributed by atoms with Gasteiger partial charge < -0.3 is 9.84 Å². The topological polar surface area (TPSA) is 51.0 Å². The van der Waals surface area contributed by atoms with Gasteiger partial charge in [0.1, 0.15) is 5.69 Å². The number of pyridine rings is 1. The molecule has 4 nitrogen and oxygen atoms in total. The molecule has 0 fully saturated rings. The van der Waals surface area contributed by atoms with Crippen molar-refractivity contribution in [2.24, 2.45) is 0 Å². The first-order valence-corrected chi connectivity index (χ1v) is 8.68. The van der Waals surface area contributed by atoms with Crippen molar-refractivity contribution < 1.29 is 17.7 Å². The third kappa shape index (κ3) is 3.92. The molecule has 0 atom stereocenters. The molecule has 0 saturated carbocycles. The second kappa shape index (κ2) is 7.32. The summed E-state index contributed by atoms with van der Waals surface area (Å²) in [5.41, 5.74) is 2.14. The third-order valence-electron chi connectivity index (χ3n) is 4.28. The molecule has 0 aliphatic rings. The van der Waals surface area contributed by atoms with E-state index in [-0.39, 0.29) is 5.69 Å². The van der Waals surface area contributed by atoms with Crippen LogP contribution in [0.4, 0.5) is 24.7 Å². The summed E-state index contributed by atoms with van der Waals surface area (Å²) in [7, 11) is 0. The van der Waals surface area contributed by atoms with Crippen LogP contribution in [-0.4, -0.2) is 10.1 Å². The Kier molecular flexibility index (Phi) is 4.69. The van der Waals surface area contributed by atoms with Crippen LogP contribution >= 0.6 is 0 Å². The predicted octanol–water partition coefficient (Wildman–Crippen LogP) is 5.69. The fraction of sp³-hybridized carbons (Fsp3) is 0.0909. The molecule has 7 heteroatoms. The number of nitrogens with zero attached hydrogens (tertiary/aromatic N) is 2. The Morgan fingerprint density at radius 1 is 1.00 bits per heavy atom. The number of fused-ring (bicyclic) bond motifs is 1. The molecule has 0 unspecified atom stereocenters. The van der Waals surface area contributed by atoms with Crippen molar-refractivity contribution >= 4 is 22.5 Å². The van der Waals surface area contributed by atoms with Gasteiger partial charge in [0.2, 0.25) is 0 Å². The quantitative estimate of drug-likeness (QED) is 0.444. The van der Waals surface area contributed by atoms with Gasteiger partial charge in [-0.1, -0.05) is 29.3 Å². The summed E-state index contributed by atoms with van der Waals surface area (Å²) in [6.07, 6.45) is -2.77. The van der Waals surface area contributed by atoms with E-state index in [4.69, 9.17) is 4.52 Å². The first-order valence-electron chi connectivity index (χ1n) is 8.68. The lowest BCUT2D eigenvalue weighted by atomic mass is 10.1. The molecule has 29 heavy (non-hydrogen) atoms. The van der Waals surface area contributed by atoms with Crippen molar-refractivity contribution in [1.82, 2.24) is 10.1 Å². The highest BCUT2D eigenvalue weighted by Gasteiger charge is 2.30. The van der Waals surface area contributed by atoms with Crippen molar-refractivity contribution in [3.8, 4) is 11.8 Å². The van der Waals surface area contributed by atoms with Gasteiger partial charge >= 0.3 is 6.18 Å². The Morgan fingerprint density at radius 2 is 1.86 bits per heavy atom. The average Bonchev–Trinajstić information content (AvgIpc) is 3.10. The van der Waals surface area contributed by atoms with Gasteiger partial charge in [-0.05, 0) is 54.8 Å². The summed E-state index contributed by atoms with van der Waals surface area (Å²) in [6, 6.07) is 14.0. The number of aryl methyl sites for hydroxylation is 1. The molecular formula is C22H14F3N3O. The second-order valence-corrected chi connectivity index (χ2v) is 6.33. The Bertz CT molecular complexity index is 1240. The largest absolute Gasteiger partial charge is 0.416 e. The molecule has 0 bridgehead atoms. The summed E-state index contributed by atoms with van der Waals surface area (Å²) in [5.74, 6) is 6.36. The molecule has 2 heterocycles. The second-order valence-electron chi connectivity index (χ2n) is 6.33. The van der Waals surface area contributed by atoms with Crippen LogP contribution in [-0.2, 0) is 6.18 Å². The minimum Gasteiger partial charge on any atom is -0.353 e. The van der Waals surface area contributed by atoms with E-state index in [1.165, 1.54) is 12.1 Å². The van der Waals surface area contributed by atoms with Gasteiger partial charge in [-0.2, -0.15) is 13.2 Å². The number of rotatable bonds is 2. The SMILES string of the molecule is Cc1ccc2c(Nc3cccc(C(F)(F)F)c3)noc2c1C#Cc1ccccn1. The van der Waals surface area contributed by atoms with E-state index in [9.17, 15) is 13.2 Å². The van der Waals surface area contributed by atoms with E-state index >= 15 is 0 Å². The first-order chi connectivity index (χ1) is 13.9. The minimum absolute atomic E-state index is 0.261. The van der Waals surface area contributed by atoms with Gasteiger partial charge in [0.25, 0.3) is 0 Å². The maximum Gasteiger partial charge on any atom is 0.416 e. The van der Waals surface area contributed by atoms with E-state index < -0.39 is 11.7 Å². The summed E-state index contributed by atoms with van der Waals surface area (Å²) in [5, 5.41) is 7.51. The van der Waals surface area contributed by atoms with Crippen LogP contribution in [0, 0.1) is 18.8 Å². The lowest BCUT2D eigenvalue weighted by Gasteiger charge is -2.09. The number of hydrogen-bond acceptors (Lipinski definition) is 4. The van der Waals surface area contributed by atoms with Crippen LogP contribution in [0.3, 0.4) is 0 Å². The van der Waals surface area contributed by atoms with Crippen molar-refractivity contribution in [1.29, 1.82) is 0 Å². The van der Waals surface area contributed by atoms with Crippen molar-refractivity contribution in [3.05, 3.63) is 83.2 Å². The Hall–Kier alpha value is -3.79. The molecule has 1 N–H and O–H groups in total. The number of hydrogen-bond donors (Lipinski definition) is 1. The van der Waals surface area contributed by atoms with Gasteiger partial charge in [-0.25, -0.2) is 4.98 Å². The van der Waals surface area contributed by atoms with Crippen molar-refractivity contribution in [2.45, 2.75) is 13.1 Å². The molecule has 2 aromatic carbocycles. The van der Waals surface area contributed by atoms with Gasteiger partial charge in [0.05, 0.1) is 16.5 Å². The summed E-state index contributed by atoms with van der Waals surface area (Å²) >= 11 is 0. The summed E-state index contributed by atoms with van der Waals surface area (Å²) in [4.78, 5) is 4.17. The van der Waals surface area contributed by atoms with Crippen LogP contribution in [0.2, 0.25) is 0 Å². The molecule has 144 valence electrons. The number of benzene rings is 2. The highest BCUT2D eigenvalue weighted by molar-refractivity contribution is 5.94. The van der Waals surface area contributed by atoms with Gasteiger partial charge in [-0.3, -0.25) is 0 Å². The van der Waals surface area contributed by atoms with Crippen LogP contribution in [0.5, 0.6) is 0 Å². The number of nitrogens with one attached hydrogen (secondary N) is 1. The van der Waals surface area contributed by atoms with E-state index in [2.05, 4.69) is 27.3 Å². The molecular weight excluding hydrogens is 379 g/mol. The number of anilines is 2. The summed E-state index contributed by atoms with van der Waals surface area (Å²) in [6.45, 7) is 1.89. The fourth-order valence-corrected chi connectivity index (χ4v) is 2.82. The molecule has 0 amide bonds. The van der Waals surface area contributed by atoms with Crippen LogP contribution < -0.4 is 5.32 Å². The molecule has 4 aromatic rings. The van der Waals surface area contributed by atoms with Crippen LogP contribution in [0.15, 0.2) is 65.3 Å². The lowest BCUT2D eigenvalue weighted by Crippen LogP contribution is -2.05.